The van der Waals surface area contributed by atoms with Crippen LogP contribution in [-0.2, 0) is 123 Å². The average Bonchev–Trinajstić information content (AvgIpc) is 1.48. The molecule has 0 radical (unpaired) electrons. The van der Waals surface area contributed by atoms with E-state index >= 15 is 28.8 Å². The second-order valence-corrected chi connectivity index (χ2v) is 28.2. The van der Waals surface area contributed by atoms with Gasteiger partial charge in [-0.2, -0.15) is 15.8 Å². The van der Waals surface area contributed by atoms with Crippen LogP contribution >= 0.6 is 46.2 Å². The number of hydrogen-bond donors (Lipinski definition) is 1. The van der Waals surface area contributed by atoms with Crippen LogP contribution < -0.4 is 5.73 Å². The Balaban J connectivity index is 1.22. The number of fused-ring (bicyclic) bond motifs is 7. The first-order valence-corrected chi connectivity index (χ1v) is 36.2. The highest BCUT2D eigenvalue weighted by Gasteiger charge is 2.72. The van der Waals surface area contributed by atoms with Gasteiger partial charge in [-0.15, -0.1) is 22.7 Å². The molecule has 8 aromatic rings. The minimum Gasteiger partial charge on any atom is -0.459 e. The summed E-state index contributed by atoms with van der Waals surface area (Å²) in [5.41, 5.74) is -4.11. The Kier molecular flexibility index (Phi) is 22.0. The third-order valence-corrected chi connectivity index (χ3v) is 22.5. The molecule has 6 aromatic carbocycles. The molecule has 4 aliphatic rings. The van der Waals surface area contributed by atoms with Gasteiger partial charge in [0.1, 0.15) is 73.6 Å². The summed E-state index contributed by atoms with van der Waals surface area (Å²) in [6.45, 7) is 5.26. The lowest BCUT2D eigenvalue weighted by Crippen LogP contribution is -2.53. The van der Waals surface area contributed by atoms with E-state index < -0.39 is 153 Å². The molecular formula is C81H61N7O14S4. The average molecular weight is 1480 g/mol. The Morgan fingerprint density at radius 2 is 0.830 bits per heavy atom. The fraction of sp³-hybridized carbons (Fsp3) is 0.173. The van der Waals surface area contributed by atoms with Crippen molar-refractivity contribution in [2.45, 2.75) is 83.1 Å². The number of allylic oxidation sites excluding steroid dienone is 3. The fourth-order valence-electron chi connectivity index (χ4n) is 12.5. The zero-order valence-electron chi connectivity index (χ0n) is 56.9. The minimum absolute atomic E-state index is 0.0172. The van der Waals surface area contributed by atoms with E-state index in [0.717, 1.165) is 34.5 Å². The van der Waals surface area contributed by atoms with Crippen LogP contribution in [0.1, 0.15) is 92.6 Å². The van der Waals surface area contributed by atoms with E-state index in [9.17, 15) is 25.4 Å². The number of hydrogen-bond acceptors (Lipinski definition) is 24. The van der Waals surface area contributed by atoms with Crippen molar-refractivity contribution in [2.75, 3.05) is 6.54 Å². The molecule has 1 aliphatic heterocycles. The molecule has 0 spiro atoms. The number of ketones is 1. The van der Waals surface area contributed by atoms with Gasteiger partial charge in [0, 0.05) is 45.5 Å². The lowest BCUT2D eigenvalue weighted by Gasteiger charge is -2.35. The molecule has 12 rings (SSSR count). The van der Waals surface area contributed by atoms with Crippen molar-refractivity contribution in [2.24, 2.45) is 15.7 Å². The van der Waals surface area contributed by atoms with Crippen molar-refractivity contribution in [3.63, 3.8) is 0 Å². The maximum absolute atomic E-state index is 17.3. The van der Waals surface area contributed by atoms with Crippen LogP contribution in [0, 0.1) is 34.0 Å². The number of nitriles is 3. The van der Waals surface area contributed by atoms with Gasteiger partial charge in [-0.1, -0.05) is 207 Å². The van der Waals surface area contributed by atoms with Crippen LogP contribution in [0.25, 0.3) is 21.9 Å². The second-order valence-electron chi connectivity index (χ2n) is 24.1. The van der Waals surface area contributed by atoms with Crippen LogP contribution in [0.2, 0.25) is 0 Å². The number of carbonyl (C=O) groups excluding carboxylic acids is 8. The maximum Gasteiger partial charge on any atom is 0.334 e. The van der Waals surface area contributed by atoms with E-state index in [-0.39, 0.29) is 48.1 Å². The minimum atomic E-state index is -3.25. The number of nitrogens with two attached hydrogens (primary N) is 1. The van der Waals surface area contributed by atoms with E-state index in [2.05, 4.69) is 6.58 Å². The van der Waals surface area contributed by atoms with Crippen LogP contribution in [0.4, 0.5) is 0 Å². The van der Waals surface area contributed by atoms with Crippen LogP contribution in [0.5, 0.6) is 0 Å². The first-order chi connectivity index (χ1) is 51.4. The molecule has 1 saturated heterocycles. The molecule has 3 aliphatic carbocycles. The summed E-state index contributed by atoms with van der Waals surface area (Å²) in [6.07, 6.45) is 2.87. The first-order valence-electron chi connectivity index (χ1n) is 33.0. The number of amides is 1. The molecule has 0 saturated carbocycles. The summed E-state index contributed by atoms with van der Waals surface area (Å²) in [4.78, 5) is 141. The van der Waals surface area contributed by atoms with Gasteiger partial charge in [0.05, 0.1) is 26.1 Å². The molecule has 0 bridgehead atoms. The SMILES string of the molecule is C=C(CC)/C(SC(=NC1=Cc2sc3c(c2C1(C(=O)OCc1ccccc1)C(=O)OCc1ccccc1)C(C(=O)OCc1ccccc1)(C(=O)OCc1ccccc1)c1c-3sc2c1C(C(=O)OCc1ccccc1)(C(=O)OCc1ccccc1)C(N=C1SC(=C(C#N)C#N)N(CC)C1=O)=C2)C(C)=O)=C(/N)C#N. The number of thioether (sulfide) groups is 2. The van der Waals surface area contributed by atoms with Crippen molar-refractivity contribution in [3.05, 3.63) is 292 Å². The third kappa shape index (κ3) is 13.6. The molecule has 1 amide bonds. The monoisotopic (exact) mass is 1480 g/mol. The smallest absolute Gasteiger partial charge is 0.334 e. The highest BCUT2D eigenvalue weighted by molar-refractivity contribution is 8.19. The molecular weight excluding hydrogens is 1420 g/mol. The van der Waals surface area contributed by atoms with Gasteiger partial charge >= 0.3 is 35.8 Å². The number of ether oxygens (including phenoxy) is 6. The van der Waals surface area contributed by atoms with Gasteiger partial charge < -0.3 is 34.2 Å². The quantitative estimate of drug-likeness (QED) is 0.0106. The molecule has 0 atom stereocenters. The van der Waals surface area contributed by atoms with Gasteiger partial charge in [0.2, 0.25) is 16.2 Å². The van der Waals surface area contributed by atoms with Gasteiger partial charge in [0.25, 0.3) is 5.91 Å². The van der Waals surface area contributed by atoms with Gasteiger partial charge in [-0.25, -0.2) is 9.98 Å². The second kappa shape index (κ2) is 31.7. The molecule has 106 heavy (non-hydrogen) atoms. The number of carbonyl (C=O) groups is 8. The predicted molar refractivity (Wildman–Crippen MR) is 398 cm³/mol. The number of thiophene rings is 2. The standard InChI is InChI=1S/C81H61N7O14S4/c1-5-48(3)66(57(85)41-84)105-69(49(4)89)86-60-37-58-62(79(60,73(91)97-42-50-25-13-7-14-26-50)74(92)98-43-51-27-15-8-16-28-51)64-67(103-58)68-65(81(64,77(95)101-46-54-33-21-11-22-34-54)78(96)102-47-55-35-23-12-24-36-55)63-59(104-68)38-61(87-70-71(90)88(6-2)72(106-70)56(39-82)40-83)80(63,75(93)99-44-52-29-17-9-18-30-52)76(94)100-45-53-31-19-10-20-32-53/h7-38H,3,5-6,42-47,85H2,1-2,4H3/b66-57-,86-69?,87-70?. The molecule has 0 unspecified atom stereocenters. The van der Waals surface area contributed by atoms with Gasteiger partial charge in [0.15, 0.2) is 16.4 Å². The largest absolute Gasteiger partial charge is 0.459 e. The Morgan fingerprint density at radius 1 is 0.500 bits per heavy atom. The van der Waals surface area contributed by atoms with Crippen LogP contribution in [-0.4, -0.2) is 69.0 Å². The van der Waals surface area contributed by atoms with Crippen molar-refractivity contribution in [1.82, 2.24) is 4.90 Å². The summed E-state index contributed by atoms with van der Waals surface area (Å²) >= 11 is 2.94. The summed E-state index contributed by atoms with van der Waals surface area (Å²) in [5, 5.41) is 29.7. The summed E-state index contributed by atoms with van der Waals surface area (Å²) in [7, 11) is 0. The van der Waals surface area contributed by atoms with Crippen LogP contribution in [0.15, 0.2) is 237 Å². The third-order valence-electron chi connectivity index (χ3n) is 17.7. The number of esters is 6. The molecule has 2 N–H and O–H groups in total. The van der Waals surface area contributed by atoms with E-state index in [1.54, 1.807) is 196 Å². The first kappa shape index (κ1) is 73.4. The fourth-order valence-corrected chi connectivity index (χ4v) is 17.3. The van der Waals surface area contributed by atoms with E-state index in [1.807, 2.05) is 18.2 Å². The summed E-state index contributed by atoms with van der Waals surface area (Å²) in [5.74, 6) is -10.1. The van der Waals surface area contributed by atoms with E-state index in [4.69, 9.17) is 44.1 Å². The normalized spacial score (nSPS) is 15.2. The molecule has 3 heterocycles. The highest BCUT2D eigenvalue weighted by Crippen LogP contribution is 2.68. The molecule has 528 valence electrons. The number of benzene rings is 6. The van der Waals surface area contributed by atoms with Gasteiger partial charge in [-0.3, -0.25) is 43.3 Å². The lowest BCUT2D eigenvalue weighted by molar-refractivity contribution is -0.168. The summed E-state index contributed by atoms with van der Waals surface area (Å²) in [6, 6.07) is 55.9. The van der Waals surface area contributed by atoms with Crippen molar-refractivity contribution in [1.29, 1.82) is 15.8 Å². The van der Waals surface area contributed by atoms with Gasteiger partial charge in [-0.05, 0) is 76.2 Å². The Hall–Kier alpha value is -12.3. The summed E-state index contributed by atoms with van der Waals surface area (Å²) < 4.78 is 38.5. The number of rotatable bonds is 25. The molecule has 2 aromatic heterocycles. The Bertz CT molecular complexity index is 5060. The maximum atomic E-state index is 17.3. The van der Waals surface area contributed by atoms with E-state index in [0.29, 0.717) is 62.5 Å². The molecule has 25 heteroatoms. The Morgan fingerprint density at radius 3 is 1.14 bits per heavy atom. The van der Waals surface area contributed by atoms with Crippen molar-refractivity contribution in [3.8, 4) is 28.0 Å². The predicted octanol–water partition coefficient (Wildman–Crippen LogP) is 13.4. The number of aliphatic imine (C=N–C) groups is 2. The van der Waals surface area contributed by atoms with E-state index in [1.165, 1.54) is 12.2 Å². The highest BCUT2D eigenvalue weighted by atomic mass is 32.2. The lowest BCUT2D eigenvalue weighted by atomic mass is 9.67. The number of nitrogens with zero attached hydrogens (tertiary/aromatic N) is 6. The number of Topliss-reactive ketones (excluding diaryl/α,β-unsaturated/α-hetero) is 1. The van der Waals surface area contributed by atoms with Crippen LogP contribution in [0.3, 0.4) is 0 Å². The topological polar surface area (TPSA) is 317 Å². The Labute approximate surface area is 624 Å². The zero-order valence-corrected chi connectivity index (χ0v) is 60.2. The van der Waals surface area contributed by atoms with Crippen molar-refractivity contribution < 1.29 is 66.8 Å². The molecule has 1 fully saturated rings. The zero-order chi connectivity index (χ0) is 74.9. The van der Waals surface area contributed by atoms with Crippen molar-refractivity contribution >= 4 is 116 Å². The molecule has 21 nitrogen and oxygen atoms in total.